The summed E-state index contributed by atoms with van der Waals surface area (Å²) in [5, 5.41) is 6.05. The third kappa shape index (κ3) is 7.45. The molecule has 2 N–H and O–H groups in total. The first kappa shape index (κ1) is 28.9. The van der Waals surface area contributed by atoms with Crippen molar-refractivity contribution in [2.24, 2.45) is 5.41 Å². The van der Waals surface area contributed by atoms with Crippen molar-refractivity contribution in [2.45, 2.75) is 84.0 Å². The van der Waals surface area contributed by atoms with Crippen LogP contribution in [0.2, 0.25) is 5.02 Å². The van der Waals surface area contributed by atoms with E-state index in [9.17, 15) is 19.2 Å². The van der Waals surface area contributed by atoms with Crippen LogP contribution in [0.3, 0.4) is 0 Å². The second kappa shape index (κ2) is 12.7. The summed E-state index contributed by atoms with van der Waals surface area (Å²) < 4.78 is 11.0. The van der Waals surface area contributed by atoms with Gasteiger partial charge in [0.25, 0.3) is 5.91 Å². The van der Waals surface area contributed by atoms with Crippen molar-refractivity contribution in [2.75, 3.05) is 19.8 Å². The van der Waals surface area contributed by atoms with Gasteiger partial charge < -0.3 is 25.0 Å². The Bertz CT molecular complexity index is 995. The number of rotatable bonds is 10. The standard InChI is InChI=1S/C27H38ClN3O6/c1-5-6-14-36-16-21-19(15-22(32)37-21)29-25(34)20-12-9-13-31(20)26(35)23(27(2,3)4)30-24(33)17-10-7-8-11-18(17)28/h7-8,10-11,19-21,23H,5-6,9,12-16H2,1-4H3,(H,29,34)(H,30,33)/t19-,20-,21-,23+/m0/s1. The third-order valence-corrected chi connectivity index (χ3v) is 7.05. The molecule has 0 saturated carbocycles. The zero-order chi connectivity index (χ0) is 27.2. The van der Waals surface area contributed by atoms with E-state index < -0.39 is 35.6 Å². The van der Waals surface area contributed by atoms with Crippen LogP contribution in [0.1, 0.15) is 70.2 Å². The summed E-state index contributed by atoms with van der Waals surface area (Å²) in [6, 6.07) is 4.55. The van der Waals surface area contributed by atoms with E-state index in [4.69, 9.17) is 21.1 Å². The molecule has 1 aromatic rings. The highest BCUT2D eigenvalue weighted by atomic mass is 35.5. The fraction of sp³-hybridized carbons (Fsp3) is 0.630. The number of halogens is 1. The molecule has 0 aromatic heterocycles. The van der Waals surface area contributed by atoms with E-state index in [1.54, 1.807) is 24.3 Å². The van der Waals surface area contributed by atoms with Crippen LogP contribution in [0.25, 0.3) is 0 Å². The van der Waals surface area contributed by atoms with E-state index in [0.717, 1.165) is 12.8 Å². The molecule has 9 nitrogen and oxygen atoms in total. The molecule has 0 spiro atoms. The minimum Gasteiger partial charge on any atom is -0.458 e. The summed E-state index contributed by atoms with van der Waals surface area (Å²) in [5.74, 6) is -1.50. The normalized spacial score (nSPS) is 22.5. The Hall–Kier alpha value is -2.65. The van der Waals surface area contributed by atoms with Crippen LogP contribution in [0.15, 0.2) is 24.3 Å². The lowest BCUT2D eigenvalue weighted by molar-refractivity contribution is -0.144. The van der Waals surface area contributed by atoms with Crippen LogP contribution < -0.4 is 10.6 Å². The fourth-order valence-electron chi connectivity index (χ4n) is 4.60. The highest BCUT2D eigenvalue weighted by Crippen LogP contribution is 2.27. The Labute approximate surface area is 223 Å². The van der Waals surface area contributed by atoms with Crippen molar-refractivity contribution < 1.29 is 28.7 Å². The molecule has 3 amide bonds. The Morgan fingerprint density at radius 2 is 1.97 bits per heavy atom. The van der Waals surface area contributed by atoms with E-state index in [1.807, 2.05) is 20.8 Å². The number of likely N-dealkylation sites (tertiary alicyclic amines) is 1. The van der Waals surface area contributed by atoms with Gasteiger partial charge in [-0.1, -0.05) is 57.8 Å². The summed E-state index contributed by atoms with van der Waals surface area (Å²) in [4.78, 5) is 53.4. The van der Waals surface area contributed by atoms with Crippen LogP contribution in [0.4, 0.5) is 0 Å². The number of benzene rings is 1. The average molecular weight is 536 g/mol. The highest BCUT2D eigenvalue weighted by Gasteiger charge is 2.44. The van der Waals surface area contributed by atoms with E-state index in [-0.39, 0.29) is 36.4 Å². The second-order valence-corrected chi connectivity index (χ2v) is 11.1. The number of esters is 1. The summed E-state index contributed by atoms with van der Waals surface area (Å²) in [7, 11) is 0. The molecule has 2 heterocycles. The summed E-state index contributed by atoms with van der Waals surface area (Å²) in [6.45, 7) is 8.81. The van der Waals surface area contributed by atoms with Crippen molar-refractivity contribution in [3.05, 3.63) is 34.9 Å². The number of carbonyl (C=O) groups excluding carboxylic acids is 4. The highest BCUT2D eigenvalue weighted by molar-refractivity contribution is 6.33. The van der Waals surface area contributed by atoms with Crippen LogP contribution in [-0.2, 0) is 23.9 Å². The van der Waals surface area contributed by atoms with E-state index in [1.165, 1.54) is 4.90 Å². The topological polar surface area (TPSA) is 114 Å². The predicted octanol–water partition coefficient (Wildman–Crippen LogP) is 3.09. The molecule has 2 fully saturated rings. The van der Waals surface area contributed by atoms with Gasteiger partial charge in [-0.2, -0.15) is 0 Å². The van der Waals surface area contributed by atoms with Gasteiger partial charge in [-0.15, -0.1) is 0 Å². The second-order valence-electron chi connectivity index (χ2n) is 10.7. The molecule has 2 saturated heterocycles. The third-order valence-electron chi connectivity index (χ3n) is 6.72. The number of cyclic esters (lactones) is 1. The summed E-state index contributed by atoms with van der Waals surface area (Å²) in [5.41, 5.74) is -0.343. The van der Waals surface area contributed by atoms with Gasteiger partial charge >= 0.3 is 5.97 Å². The maximum Gasteiger partial charge on any atom is 0.308 e. The van der Waals surface area contributed by atoms with E-state index >= 15 is 0 Å². The molecule has 4 atom stereocenters. The number of ether oxygens (including phenoxy) is 2. The summed E-state index contributed by atoms with van der Waals surface area (Å²) >= 11 is 6.19. The lowest BCUT2D eigenvalue weighted by Gasteiger charge is -2.35. The Balaban J connectivity index is 1.69. The molecule has 204 valence electrons. The van der Waals surface area contributed by atoms with Gasteiger partial charge in [0.15, 0.2) is 0 Å². The Morgan fingerprint density at radius 1 is 1.24 bits per heavy atom. The monoisotopic (exact) mass is 535 g/mol. The maximum absolute atomic E-state index is 13.7. The number of carbonyl (C=O) groups is 4. The smallest absolute Gasteiger partial charge is 0.308 e. The predicted molar refractivity (Wildman–Crippen MR) is 139 cm³/mol. The largest absolute Gasteiger partial charge is 0.458 e. The van der Waals surface area contributed by atoms with Gasteiger partial charge in [-0.3, -0.25) is 19.2 Å². The minimum absolute atomic E-state index is 0.0622. The van der Waals surface area contributed by atoms with Gasteiger partial charge in [0.2, 0.25) is 11.8 Å². The zero-order valence-electron chi connectivity index (χ0n) is 22.1. The van der Waals surface area contributed by atoms with Gasteiger partial charge in [0.05, 0.1) is 29.7 Å². The van der Waals surface area contributed by atoms with Crippen molar-refractivity contribution in [1.82, 2.24) is 15.5 Å². The first-order chi connectivity index (χ1) is 17.5. The number of unbranched alkanes of at least 4 members (excludes halogenated alkanes) is 1. The Kier molecular flexibility index (Phi) is 9.95. The molecule has 2 aliphatic rings. The van der Waals surface area contributed by atoms with Crippen molar-refractivity contribution in [3.8, 4) is 0 Å². The van der Waals surface area contributed by atoms with Crippen molar-refractivity contribution in [1.29, 1.82) is 0 Å². The average Bonchev–Trinajstić information content (AvgIpc) is 3.46. The van der Waals surface area contributed by atoms with Gasteiger partial charge in [0.1, 0.15) is 18.2 Å². The number of hydrogen-bond donors (Lipinski definition) is 2. The number of nitrogens with one attached hydrogen (secondary N) is 2. The lowest BCUT2D eigenvalue weighted by atomic mass is 9.85. The molecule has 10 heteroatoms. The first-order valence-corrected chi connectivity index (χ1v) is 13.3. The maximum atomic E-state index is 13.7. The zero-order valence-corrected chi connectivity index (χ0v) is 22.8. The quantitative estimate of drug-likeness (QED) is 0.351. The molecular weight excluding hydrogens is 498 g/mol. The number of amides is 3. The van der Waals surface area contributed by atoms with Gasteiger partial charge in [-0.25, -0.2) is 0 Å². The molecule has 0 radical (unpaired) electrons. The Morgan fingerprint density at radius 3 is 2.65 bits per heavy atom. The van der Waals surface area contributed by atoms with Crippen LogP contribution in [0, 0.1) is 5.41 Å². The molecule has 2 aliphatic heterocycles. The molecule has 0 bridgehead atoms. The molecular formula is C27H38ClN3O6. The van der Waals surface area contributed by atoms with Crippen LogP contribution >= 0.6 is 11.6 Å². The van der Waals surface area contributed by atoms with Gasteiger partial charge in [0, 0.05) is 13.2 Å². The van der Waals surface area contributed by atoms with E-state index in [0.29, 0.717) is 31.0 Å². The van der Waals surface area contributed by atoms with Crippen LogP contribution in [0.5, 0.6) is 0 Å². The molecule has 3 rings (SSSR count). The first-order valence-electron chi connectivity index (χ1n) is 13.0. The van der Waals surface area contributed by atoms with Crippen molar-refractivity contribution in [3.63, 3.8) is 0 Å². The minimum atomic E-state index is -0.874. The van der Waals surface area contributed by atoms with Crippen molar-refractivity contribution >= 4 is 35.3 Å². The molecule has 0 aliphatic carbocycles. The SMILES string of the molecule is CCCCOC[C@@H]1OC(=O)C[C@@H]1NC(=O)[C@@H]1CCCN1C(=O)[C@@H](NC(=O)c1ccccc1Cl)C(C)(C)C. The molecule has 37 heavy (non-hydrogen) atoms. The number of nitrogens with zero attached hydrogens (tertiary/aromatic N) is 1. The number of hydrogen-bond acceptors (Lipinski definition) is 6. The molecule has 0 unspecified atom stereocenters. The van der Waals surface area contributed by atoms with E-state index in [2.05, 4.69) is 17.6 Å². The van der Waals surface area contributed by atoms with Gasteiger partial charge in [-0.05, 0) is 36.8 Å². The molecule has 1 aromatic carbocycles. The fourth-order valence-corrected chi connectivity index (χ4v) is 4.82. The van der Waals surface area contributed by atoms with Crippen LogP contribution in [-0.4, -0.2) is 72.6 Å². The summed E-state index contributed by atoms with van der Waals surface area (Å²) in [6.07, 6.45) is 2.54. The lowest BCUT2D eigenvalue weighted by Crippen LogP contribution is -2.58.